The summed E-state index contributed by atoms with van der Waals surface area (Å²) in [5.41, 5.74) is 0. The summed E-state index contributed by atoms with van der Waals surface area (Å²) in [4.78, 5) is 0. The number of aliphatic hydroxyl groups is 2. The van der Waals surface area contributed by atoms with Gasteiger partial charge in [0.25, 0.3) is 0 Å². The Kier molecular flexibility index (Phi) is 3.53. The first-order valence-electron chi connectivity index (χ1n) is 5.09. The van der Waals surface area contributed by atoms with Gasteiger partial charge in [-0.15, -0.1) is 0 Å². The van der Waals surface area contributed by atoms with Crippen LogP contribution in [0.25, 0.3) is 0 Å². The highest BCUT2D eigenvalue weighted by atomic mass is 16.8. The van der Waals surface area contributed by atoms with E-state index in [2.05, 4.69) is 0 Å². The van der Waals surface area contributed by atoms with Crippen LogP contribution in [0.1, 0.15) is 34.1 Å². The van der Waals surface area contributed by atoms with Crippen molar-refractivity contribution in [2.45, 2.75) is 64.3 Å². The molecular formula is C10H20O4. The summed E-state index contributed by atoms with van der Waals surface area (Å²) in [7, 11) is 0. The molecule has 1 aliphatic rings. The minimum absolute atomic E-state index is 0.435. The zero-order valence-electron chi connectivity index (χ0n) is 9.23. The lowest BCUT2D eigenvalue weighted by molar-refractivity contribution is -0.160. The summed E-state index contributed by atoms with van der Waals surface area (Å²) >= 11 is 0. The molecule has 0 bridgehead atoms. The maximum Gasteiger partial charge on any atom is 0.164 e. The highest BCUT2D eigenvalue weighted by molar-refractivity contribution is 4.88. The van der Waals surface area contributed by atoms with Gasteiger partial charge in [-0.2, -0.15) is 0 Å². The van der Waals surface area contributed by atoms with Crippen LogP contribution in [0, 0.1) is 0 Å². The third-order valence-corrected chi connectivity index (χ3v) is 2.44. The first kappa shape index (κ1) is 11.9. The quantitative estimate of drug-likeness (QED) is 0.709. The van der Waals surface area contributed by atoms with Crippen LogP contribution in [0.4, 0.5) is 0 Å². The Morgan fingerprint density at radius 3 is 2.14 bits per heavy atom. The molecule has 0 aromatic rings. The molecule has 0 aromatic carbocycles. The van der Waals surface area contributed by atoms with Gasteiger partial charge in [0.1, 0.15) is 12.2 Å². The van der Waals surface area contributed by atoms with Crippen molar-refractivity contribution >= 4 is 0 Å². The standard InChI is InChI=1S/C10H20O4/c1-5-7(12)9-8(6(2)11)13-10(3,4)14-9/h6-9,11-12H,5H2,1-4H3/t6?,7-,8?,9?/m1/s1. The van der Waals surface area contributed by atoms with Crippen LogP contribution >= 0.6 is 0 Å². The van der Waals surface area contributed by atoms with Crippen molar-refractivity contribution in [3.63, 3.8) is 0 Å². The fourth-order valence-corrected chi connectivity index (χ4v) is 1.72. The van der Waals surface area contributed by atoms with Crippen LogP contribution in [0.2, 0.25) is 0 Å². The molecule has 84 valence electrons. The van der Waals surface area contributed by atoms with E-state index >= 15 is 0 Å². The van der Waals surface area contributed by atoms with E-state index < -0.39 is 30.2 Å². The van der Waals surface area contributed by atoms with E-state index in [1.54, 1.807) is 20.8 Å². The Morgan fingerprint density at radius 1 is 1.21 bits per heavy atom. The fourth-order valence-electron chi connectivity index (χ4n) is 1.72. The molecule has 0 radical (unpaired) electrons. The van der Waals surface area contributed by atoms with Gasteiger partial charge in [0, 0.05) is 0 Å². The smallest absolute Gasteiger partial charge is 0.164 e. The van der Waals surface area contributed by atoms with Crippen molar-refractivity contribution in [3.05, 3.63) is 0 Å². The molecule has 2 N–H and O–H groups in total. The monoisotopic (exact) mass is 204 g/mol. The predicted molar refractivity (Wildman–Crippen MR) is 51.8 cm³/mol. The molecule has 4 heteroatoms. The van der Waals surface area contributed by atoms with Crippen molar-refractivity contribution < 1.29 is 19.7 Å². The minimum atomic E-state index is -0.720. The molecule has 1 rings (SSSR count). The van der Waals surface area contributed by atoms with Crippen molar-refractivity contribution in [2.24, 2.45) is 0 Å². The normalized spacial score (nSPS) is 35.6. The lowest BCUT2D eigenvalue weighted by atomic mass is 10.0. The minimum Gasteiger partial charge on any atom is -0.391 e. The molecule has 0 saturated carbocycles. The van der Waals surface area contributed by atoms with Crippen LogP contribution in [0.5, 0.6) is 0 Å². The Balaban J connectivity index is 2.72. The molecular weight excluding hydrogens is 184 g/mol. The molecule has 1 saturated heterocycles. The van der Waals surface area contributed by atoms with Gasteiger partial charge in [-0.1, -0.05) is 6.92 Å². The number of hydrogen-bond donors (Lipinski definition) is 2. The first-order valence-corrected chi connectivity index (χ1v) is 5.09. The van der Waals surface area contributed by atoms with Crippen LogP contribution in [0.3, 0.4) is 0 Å². The summed E-state index contributed by atoms with van der Waals surface area (Å²) in [6.07, 6.45) is -1.51. The fraction of sp³-hybridized carbons (Fsp3) is 1.00. The average Bonchev–Trinajstić information content (AvgIpc) is 2.40. The summed E-state index contributed by atoms with van der Waals surface area (Å²) < 4.78 is 11.1. The van der Waals surface area contributed by atoms with Crippen LogP contribution in [0.15, 0.2) is 0 Å². The molecule has 1 heterocycles. The lowest BCUT2D eigenvalue weighted by Gasteiger charge is -2.22. The molecule has 4 nitrogen and oxygen atoms in total. The second-order valence-electron chi connectivity index (χ2n) is 4.28. The van der Waals surface area contributed by atoms with Crippen molar-refractivity contribution in [1.29, 1.82) is 0 Å². The zero-order chi connectivity index (χ0) is 10.9. The Bertz CT molecular complexity index is 191. The SMILES string of the molecule is CC[C@@H](O)C1OC(C)(C)OC1C(C)O. The van der Waals surface area contributed by atoms with Crippen molar-refractivity contribution in [3.8, 4) is 0 Å². The molecule has 0 aromatic heterocycles. The Morgan fingerprint density at radius 2 is 1.71 bits per heavy atom. The molecule has 0 aliphatic carbocycles. The van der Waals surface area contributed by atoms with E-state index in [1.807, 2.05) is 6.92 Å². The van der Waals surface area contributed by atoms with E-state index in [0.29, 0.717) is 6.42 Å². The molecule has 14 heavy (non-hydrogen) atoms. The van der Waals surface area contributed by atoms with Crippen LogP contribution in [-0.4, -0.2) is 40.4 Å². The maximum absolute atomic E-state index is 9.69. The Labute approximate surface area is 84.8 Å². The summed E-state index contributed by atoms with van der Waals surface area (Å²) in [6.45, 7) is 7.08. The number of ether oxygens (including phenoxy) is 2. The van der Waals surface area contributed by atoms with Gasteiger partial charge < -0.3 is 19.7 Å². The van der Waals surface area contributed by atoms with Crippen LogP contribution < -0.4 is 0 Å². The van der Waals surface area contributed by atoms with Gasteiger partial charge in [0.15, 0.2) is 5.79 Å². The molecule has 1 fully saturated rings. The molecule has 3 unspecified atom stereocenters. The van der Waals surface area contributed by atoms with Gasteiger partial charge >= 0.3 is 0 Å². The largest absolute Gasteiger partial charge is 0.391 e. The topological polar surface area (TPSA) is 58.9 Å². The number of aliphatic hydroxyl groups excluding tert-OH is 2. The third kappa shape index (κ3) is 2.45. The van der Waals surface area contributed by atoms with E-state index in [1.165, 1.54) is 0 Å². The van der Waals surface area contributed by atoms with E-state index in [4.69, 9.17) is 9.47 Å². The van der Waals surface area contributed by atoms with Gasteiger partial charge in [-0.3, -0.25) is 0 Å². The first-order chi connectivity index (χ1) is 6.37. The molecule has 4 atom stereocenters. The average molecular weight is 204 g/mol. The highest BCUT2D eigenvalue weighted by Crippen LogP contribution is 2.32. The number of hydrogen-bond acceptors (Lipinski definition) is 4. The van der Waals surface area contributed by atoms with Crippen molar-refractivity contribution in [1.82, 2.24) is 0 Å². The highest BCUT2D eigenvalue weighted by Gasteiger charge is 2.46. The molecule has 0 spiro atoms. The Hall–Kier alpha value is -0.160. The van der Waals surface area contributed by atoms with Gasteiger partial charge in [0.2, 0.25) is 0 Å². The maximum atomic E-state index is 9.69. The molecule has 0 amide bonds. The second-order valence-corrected chi connectivity index (χ2v) is 4.28. The second kappa shape index (κ2) is 4.14. The predicted octanol–water partition coefficient (Wildman–Crippen LogP) is 0.658. The van der Waals surface area contributed by atoms with Crippen molar-refractivity contribution in [2.75, 3.05) is 0 Å². The van der Waals surface area contributed by atoms with Crippen LogP contribution in [-0.2, 0) is 9.47 Å². The summed E-state index contributed by atoms with van der Waals surface area (Å²) in [5, 5.41) is 19.2. The third-order valence-electron chi connectivity index (χ3n) is 2.44. The summed E-state index contributed by atoms with van der Waals surface area (Å²) in [6, 6.07) is 0. The van der Waals surface area contributed by atoms with Gasteiger partial charge in [-0.25, -0.2) is 0 Å². The lowest BCUT2D eigenvalue weighted by Crippen LogP contribution is -2.40. The van der Waals surface area contributed by atoms with Gasteiger partial charge in [-0.05, 0) is 27.2 Å². The van der Waals surface area contributed by atoms with E-state index in [-0.39, 0.29) is 0 Å². The summed E-state index contributed by atoms with van der Waals surface area (Å²) in [5.74, 6) is -0.720. The van der Waals surface area contributed by atoms with E-state index in [0.717, 1.165) is 0 Å². The number of rotatable bonds is 3. The van der Waals surface area contributed by atoms with Gasteiger partial charge in [0.05, 0.1) is 12.2 Å². The zero-order valence-corrected chi connectivity index (χ0v) is 9.23. The molecule has 1 aliphatic heterocycles. The van der Waals surface area contributed by atoms with E-state index in [9.17, 15) is 10.2 Å².